The molecule has 7 heteroatoms. The van der Waals surface area contributed by atoms with E-state index in [-0.39, 0.29) is 0 Å². The molecule has 2 rings (SSSR count). The van der Waals surface area contributed by atoms with Crippen molar-refractivity contribution in [3.63, 3.8) is 0 Å². The first-order valence-electron chi connectivity index (χ1n) is 6.41. The summed E-state index contributed by atoms with van der Waals surface area (Å²) < 4.78 is 0. The molecular formula is C12H19N5S2. The van der Waals surface area contributed by atoms with Gasteiger partial charge in [0.05, 0.1) is 10.6 Å². The average Bonchev–Trinajstić information content (AvgIpc) is 2.97. The number of anilines is 2. The summed E-state index contributed by atoms with van der Waals surface area (Å²) in [6, 6.07) is 0. The van der Waals surface area contributed by atoms with Crippen LogP contribution in [-0.2, 0) is 0 Å². The van der Waals surface area contributed by atoms with E-state index in [9.17, 15) is 0 Å². The summed E-state index contributed by atoms with van der Waals surface area (Å²) in [6.07, 6.45) is 0. The number of thiazole rings is 1. The second kappa shape index (κ2) is 5.83. The van der Waals surface area contributed by atoms with E-state index in [0.717, 1.165) is 33.8 Å². The molecule has 0 aromatic carbocycles. The Labute approximate surface area is 121 Å². The molecule has 0 radical (unpaired) electrons. The standard InChI is InChI=1S/C12H19N5S2/c1-5-17(6-2)12-14-8(7(3)4)9(18-12)10-15-16-11(13)19-10/h7H,5-6H2,1-4H3,(H2,13,16). The fourth-order valence-electron chi connectivity index (χ4n) is 1.82. The van der Waals surface area contributed by atoms with Crippen LogP contribution in [0.1, 0.15) is 39.3 Å². The summed E-state index contributed by atoms with van der Waals surface area (Å²) in [4.78, 5) is 8.14. The van der Waals surface area contributed by atoms with Crippen molar-refractivity contribution < 1.29 is 0 Å². The Hall–Kier alpha value is -1.21. The molecule has 0 aliphatic carbocycles. The zero-order valence-corrected chi connectivity index (χ0v) is 13.3. The van der Waals surface area contributed by atoms with Crippen LogP contribution in [0.5, 0.6) is 0 Å². The maximum atomic E-state index is 5.68. The van der Waals surface area contributed by atoms with Gasteiger partial charge in [0.1, 0.15) is 0 Å². The maximum absolute atomic E-state index is 5.68. The molecule has 0 bridgehead atoms. The first-order valence-corrected chi connectivity index (χ1v) is 8.05. The lowest BCUT2D eigenvalue weighted by molar-refractivity contribution is 0.812. The lowest BCUT2D eigenvalue weighted by Crippen LogP contribution is -2.21. The van der Waals surface area contributed by atoms with Crippen LogP contribution >= 0.6 is 22.7 Å². The highest BCUT2D eigenvalue weighted by Gasteiger charge is 2.20. The molecule has 0 saturated heterocycles. The minimum absolute atomic E-state index is 0.362. The molecule has 0 fully saturated rings. The number of nitrogens with zero attached hydrogens (tertiary/aromatic N) is 4. The van der Waals surface area contributed by atoms with Crippen LogP contribution in [0.2, 0.25) is 0 Å². The summed E-state index contributed by atoms with van der Waals surface area (Å²) >= 11 is 3.10. The van der Waals surface area contributed by atoms with Gasteiger partial charge in [-0.25, -0.2) is 4.98 Å². The zero-order valence-electron chi connectivity index (χ0n) is 11.7. The highest BCUT2D eigenvalue weighted by atomic mass is 32.1. The van der Waals surface area contributed by atoms with Crippen molar-refractivity contribution in [2.75, 3.05) is 23.7 Å². The minimum atomic E-state index is 0.362. The summed E-state index contributed by atoms with van der Waals surface area (Å²) in [7, 11) is 0. The first kappa shape index (κ1) is 14.2. The van der Waals surface area contributed by atoms with E-state index in [1.54, 1.807) is 11.3 Å². The molecule has 2 aromatic heterocycles. The number of aromatic nitrogens is 3. The van der Waals surface area contributed by atoms with E-state index >= 15 is 0 Å². The zero-order chi connectivity index (χ0) is 14.0. The third-order valence-corrected chi connectivity index (χ3v) is 4.90. The third kappa shape index (κ3) is 2.87. The minimum Gasteiger partial charge on any atom is -0.374 e. The van der Waals surface area contributed by atoms with Crippen LogP contribution in [0.4, 0.5) is 10.3 Å². The molecule has 5 nitrogen and oxygen atoms in total. The van der Waals surface area contributed by atoms with Gasteiger partial charge in [-0.05, 0) is 19.8 Å². The van der Waals surface area contributed by atoms with Gasteiger partial charge in [-0.15, -0.1) is 10.2 Å². The molecule has 0 unspecified atom stereocenters. The van der Waals surface area contributed by atoms with E-state index < -0.39 is 0 Å². The summed E-state index contributed by atoms with van der Waals surface area (Å²) in [5, 5.41) is 10.5. The van der Waals surface area contributed by atoms with Crippen LogP contribution < -0.4 is 10.6 Å². The SMILES string of the molecule is CCN(CC)c1nc(C(C)C)c(-c2nnc(N)s2)s1. The molecule has 0 aliphatic heterocycles. The van der Waals surface area contributed by atoms with E-state index in [2.05, 4.69) is 42.8 Å². The van der Waals surface area contributed by atoms with Gasteiger partial charge in [-0.2, -0.15) is 0 Å². The van der Waals surface area contributed by atoms with E-state index in [1.807, 2.05) is 0 Å². The smallest absolute Gasteiger partial charge is 0.203 e. The molecule has 2 N–H and O–H groups in total. The van der Waals surface area contributed by atoms with Gasteiger partial charge >= 0.3 is 0 Å². The van der Waals surface area contributed by atoms with Gasteiger partial charge in [0, 0.05) is 13.1 Å². The third-order valence-electron chi connectivity index (χ3n) is 2.86. The number of rotatable bonds is 5. The first-order chi connectivity index (χ1) is 9.06. The Morgan fingerprint density at radius 2 is 1.84 bits per heavy atom. The van der Waals surface area contributed by atoms with Crippen molar-refractivity contribution in [2.24, 2.45) is 0 Å². The number of hydrogen-bond donors (Lipinski definition) is 1. The van der Waals surface area contributed by atoms with Crippen molar-refractivity contribution in [2.45, 2.75) is 33.6 Å². The van der Waals surface area contributed by atoms with Crippen molar-refractivity contribution in [1.29, 1.82) is 0 Å². The highest BCUT2D eigenvalue weighted by Crippen LogP contribution is 2.39. The molecule has 0 saturated carbocycles. The Balaban J connectivity index is 2.47. The summed E-state index contributed by atoms with van der Waals surface area (Å²) in [6.45, 7) is 10.5. The monoisotopic (exact) mass is 297 g/mol. The predicted octanol–water partition coefficient (Wildman–Crippen LogP) is 3.21. The summed E-state index contributed by atoms with van der Waals surface area (Å²) in [5.41, 5.74) is 6.77. The molecule has 104 valence electrons. The molecule has 0 atom stereocenters. The van der Waals surface area contributed by atoms with E-state index in [1.165, 1.54) is 11.3 Å². The number of nitrogens with two attached hydrogens (primary N) is 1. The molecule has 0 spiro atoms. The topological polar surface area (TPSA) is 67.9 Å². The van der Waals surface area contributed by atoms with Gasteiger partial charge < -0.3 is 10.6 Å². The van der Waals surface area contributed by atoms with Crippen LogP contribution in [-0.4, -0.2) is 28.3 Å². The normalized spacial score (nSPS) is 11.2. The highest BCUT2D eigenvalue weighted by molar-refractivity contribution is 7.25. The Morgan fingerprint density at radius 1 is 1.16 bits per heavy atom. The lowest BCUT2D eigenvalue weighted by atomic mass is 10.1. The van der Waals surface area contributed by atoms with Gasteiger partial charge in [-0.1, -0.05) is 36.5 Å². The van der Waals surface area contributed by atoms with Crippen LogP contribution in [0.3, 0.4) is 0 Å². The lowest BCUT2D eigenvalue weighted by Gasteiger charge is -2.16. The fourth-order valence-corrected chi connectivity index (χ4v) is 3.86. The van der Waals surface area contributed by atoms with Gasteiger partial charge in [0.15, 0.2) is 10.1 Å². The molecule has 2 aromatic rings. The second-order valence-electron chi connectivity index (χ2n) is 4.48. The van der Waals surface area contributed by atoms with Crippen LogP contribution in [0, 0.1) is 0 Å². The van der Waals surface area contributed by atoms with Crippen LogP contribution in [0.15, 0.2) is 0 Å². The van der Waals surface area contributed by atoms with Gasteiger partial charge in [0.25, 0.3) is 0 Å². The average molecular weight is 297 g/mol. The van der Waals surface area contributed by atoms with Gasteiger partial charge in [0.2, 0.25) is 5.13 Å². The Bertz CT molecular complexity index is 542. The Morgan fingerprint density at radius 3 is 2.32 bits per heavy atom. The van der Waals surface area contributed by atoms with Crippen molar-refractivity contribution >= 4 is 32.9 Å². The second-order valence-corrected chi connectivity index (χ2v) is 6.47. The number of nitrogen functional groups attached to an aromatic ring is 1. The largest absolute Gasteiger partial charge is 0.374 e. The van der Waals surface area contributed by atoms with Crippen molar-refractivity contribution in [1.82, 2.24) is 15.2 Å². The molecule has 0 amide bonds. The van der Waals surface area contributed by atoms with Crippen LogP contribution in [0.25, 0.3) is 9.88 Å². The van der Waals surface area contributed by atoms with Crippen molar-refractivity contribution in [3.8, 4) is 9.88 Å². The molecule has 19 heavy (non-hydrogen) atoms. The maximum Gasteiger partial charge on any atom is 0.203 e. The summed E-state index contributed by atoms with van der Waals surface area (Å²) in [5.74, 6) is 0.362. The van der Waals surface area contributed by atoms with Gasteiger partial charge in [-0.3, -0.25) is 0 Å². The molecule has 0 aliphatic rings. The fraction of sp³-hybridized carbons (Fsp3) is 0.583. The molecule has 2 heterocycles. The van der Waals surface area contributed by atoms with E-state index in [0.29, 0.717) is 11.0 Å². The Kier molecular flexibility index (Phi) is 4.36. The molecular weight excluding hydrogens is 278 g/mol. The quantitative estimate of drug-likeness (QED) is 0.917. The van der Waals surface area contributed by atoms with E-state index in [4.69, 9.17) is 10.7 Å². The van der Waals surface area contributed by atoms with Crippen molar-refractivity contribution in [3.05, 3.63) is 5.69 Å². The predicted molar refractivity (Wildman–Crippen MR) is 83.1 cm³/mol. The number of hydrogen-bond acceptors (Lipinski definition) is 7.